The van der Waals surface area contributed by atoms with Crippen molar-refractivity contribution in [3.8, 4) is 0 Å². The summed E-state index contributed by atoms with van der Waals surface area (Å²) in [6, 6.07) is 9.79. The van der Waals surface area contributed by atoms with Crippen LogP contribution in [0.5, 0.6) is 0 Å². The molecular weight excluding hydrogens is 408 g/mol. The van der Waals surface area contributed by atoms with Gasteiger partial charge in [0.2, 0.25) is 0 Å². The Hall–Kier alpha value is -0.250. The molecule has 1 rings (SSSR count). The largest absolute Gasteiger partial charge is 0.399 e. The summed E-state index contributed by atoms with van der Waals surface area (Å²) in [5.41, 5.74) is 1.05. The molecule has 0 amide bonds. The number of benzene rings is 1. The van der Waals surface area contributed by atoms with Gasteiger partial charge in [-0.15, -0.1) is 0 Å². The van der Waals surface area contributed by atoms with Crippen molar-refractivity contribution in [2.75, 3.05) is 7.11 Å². The predicted octanol–water partition coefficient (Wildman–Crippen LogP) is 2.49. The Morgan fingerprint density at radius 1 is 0.920 bits per heavy atom. The van der Waals surface area contributed by atoms with E-state index in [1.54, 1.807) is 6.21 Å². The summed E-state index contributed by atoms with van der Waals surface area (Å²) in [6.45, 7) is 0.639. The topological polar surface area (TPSA) is 143 Å². The first-order chi connectivity index (χ1) is 11.3. The minimum Gasteiger partial charge on any atom is -0.399 e. The molecule has 25 heavy (non-hydrogen) atoms. The molecular formula is C13H29NO7P2S2. The standard InChI is InChI=1S/C8H9NO.C3H8.C2H6.2H3O3PS/c1-10-9-7-8-5-3-2-4-6-8;1-3-2;1-2;2*1-4(2,3)5/h2-7H,1H3;3H2,1-2H3;1-2H3;2*(H3,1,2,3,5). The van der Waals surface area contributed by atoms with Crippen LogP contribution in [-0.4, -0.2) is 42.7 Å². The summed E-state index contributed by atoms with van der Waals surface area (Å²) in [4.78, 5) is 49.9. The lowest BCUT2D eigenvalue weighted by atomic mass is 10.2. The second kappa shape index (κ2) is 21.8. The fraction of sp³-hybridized carbons (Fsp3) is 0.462. The summed E-state index contributed by atoms with van der Waals surface area (Å²) in [5, 5.41) is 3.62. The number of hydrogen-bond acceptors (Lipinski definition) is 4. The average Bonchev–Trinajstić information content (AvgIpc) is 2.46. The van der Waals surface area contributed by atoms with Gasteiger partial charge in [-0.2, -0.15) is 0 Å². The van der Waals surface area contributed by atoms with Crippen molar-refractivity contribution in [1.82, 2.24) is 0 Å². The Balaban J connectivity index is -0.000000126. The Bertz CT molecular complexity index is 456. The summed E-state index contributed by atoms with van der Waals surface area (Å²) >= 11 is 7.21. The lowest BCUT2D eigenvalue weighted by Gasteiger charge is -1.88. The molecule has 0 spiro atoms. The minimum atomic E-state index is -3.81. The Morgan fingerprint density at radius 3 is 1.44 bits per heavy atom. The molecule has 1 aromatic rings. The third kappa shape index (κ3) is 81.4. The third-order valence-corrected chi connectivity index (χ3v) is 1.11. The fourth-order valence-corrected chi connectivity index (χ4v) is 0.653. The maximum atomic E-state index is 7.56. The maximum Gasteiger partial charge on any atom is 0.319 e. The minimum absolute atomic E-state index is 1.05. The van der Waals surface area contributed by atoms with E-state index in [4.69, 9.17) is 29.4 Å². The number of oxime groups is 1. The maximum absolute atomic E-state index is 7.56. The van der Waals surface area contributed by atoms with E-state index in [-0.39, 0.29) is 0 Å². The van der Waals surface area contributed by atoms with Gasteiger partial charge < -0.3 is 34.2 Å². The zero-order chi connectivity index (χ0) is 20.9. The van der Waals surface area contributed by atoms with Gasteiger partial charge in [0, 0.05) is 0 Å². The van der Waals surface area contributed by atoms with E-state index in [0.29, 0.717) is 0 Å². The zero-order valence-corrected chi connectivity index (χ0v) is 18.3. The Kier molecular flexibility index (Phi) is 28.3. The highest BCUT2D eigenvalue weighted by Gasteiger charge is 1.92. The van der Waals surface area contributed by atoms with Crippen LogP contribution in [0.3, 0.4) is 0 Å². The molecule has 0 aliphatic heterocycles. The molecule has 0 radical (unpaired) electrons. The molecule has 0 bridgehead atoms. The molecule has 12 heteroatoms. The number of nitrogens with zero attached hydrogens (tertiary/aromatic N) is 1. The van der Waals surface area contributed by atoms with Gasteiger partial charge in [0.15, 0.2) is 0 Å². The van der Waals surface area contributed by atoms with E-state index in [2.05, 4.69) is 47.5 Å². The van der Waals surface area contributed by atoms with Crippen LogP contribution < -0.4 is 0 Å². The van der Waals surface area contributed by atoms with Crippen molar-refractivity contribution in [3.05, 3.63) is 35.9 Å². The first-order valence-electron chi connectivity index (χ1n) is 7.03. The van der Waals surface area contributed by atoms with E-state index in [0.717, 1.165) is 5.56 Å². The first-order valence-corrected chi connectivity index (χ1v) is 12.3. The summed E-state index contributed by atoms with van der Waals surface area (Å²) in [6.07, 6.45) is 2.92. The van der Waals surface area contributed by atoms with Gasteiger partial charge >= 0.3 is 13.4 Å². The molecule has 0 atom stereocenters. The predicted molar refractivity (Wildman–Crippen MR) is 110 cm³/mol. The SMILES string of the molecule is CC.CCC.CON=Cc1ccccc1.OP(O)(O)=S.OP(O)(O)=S. The van der Waals surface area contributed by atoms with E-state index >= 15 is 0 Å². The van der Waals surface area contributed by atoms with Crippen LogP contribution in [0.25, 0.3) is 0 Å². The molecule has 6 N–H and O–H groups in total. The van der Waals surface area contributed by atoms with Gasteiger partial charge in [0.25, 0.3) is 0 Å². The van der Waals surface area contributed by atoms with Crippen molar-refractivity contribution in [2.45, 2.75) is 34.1 Å². The second-order valence-corrected chi connectivity index (χ2v) is 8.55. The molecule has 0 heterocycles. The summed E-state index contributed by atoms with van der Waals surface area (Å²) < 4.78 is 0. The molecule has 0 saturated carbocycles. The highest BCUT2D eigenvalue weighted by molar-refractivity contribution is 8.06. The molecule has 0 aliphatic carbocycles. The van der Waals surface area contributed by atoms with Gasteiger partial charge in [-0.1, -0.05) is 69.6 Å². The van der Waals surface area contributed by atoms with Gasteiger partial charge in [0.05, 0.1) is 6.21 Å². The van der Waals surface area contributed by atoms with Gasteiger partial charge in [-0.3, -0.25) is 0 Å². The van der Waals surface area contributed by atoms with E-state index < -0.39 is 13.4 Å². The average molecular weight is 437 g/mol. The van der Waals surface area contributed by atoms with E-state index in [1.807, 2.05) is 44.2 Å². The molecule has 150 valence electrons. The van der Waals surface area contributed by atoms with Crippen molar-refractivity contribution >= 4 is 43.3 Å². The van der Waals surface area contributed by atoms with Gasteiger partial charge in [-0.25, -0.2) is 0 Å². The monoisotopic (exact) mass is 437 g/mol. The first kappa shape index (κ1) is 32.4. The number of hydrogen-bond donors (Lipinski definition) is 6. The van der Waals surface area contributed by atoms with E-state index in [9.17, 15) is 0 Å². The molecule has 0 aliphatic rings. The van der Waals surface area contributed by atoms with Gasteiger partial charge in [0.1, 0.15) is 7.11 Å². The van der Waals surface area contributed by atoms with Crippen molar-refractivity contribution < 1.29 is 34.2 Å². The molecule has 0 fully saturated rings. The van der Waals surface area contributed by atoms with Crippen LogP contribution in [0.2, 0.25) is 0 Å². The van der Waals surface area contributed by atoms with E-state index in [1.165, 1.54) is 13.5 Å². The van der Waals surface area contributed by atoms with Crippen LogP contribution in [0.4, 0.5) is 0 Å². The lowest BCUT2D eigenvalue weighted by Crippen LogP contribution is -1.78. The highest BCUT2D eigenvalue weighted by atomic mass is 32.5. The second-order valence-electron chi connectivity index (χ2n) is 3.56. The number of rotatable bonds is 2. The van der Waals surface area contributed by atoms with Crippen molar-refractivity contribution in [2.24, 2.45) is 5.16 Å². The molecule has 0 aromatic heterocycles. The Labute approximate surface area is 159 Å². The summed E-state index contributed by atoms with van der Waals surface area (Å²) in [5.74, 6) is 0. The molecule has 0 saturated heterocycles. The molecule has 0 unspecified atom stereocenters. The smallest absolute Gasteiger partial charge is 0.319 e. The van der Waals surface area contributed by atoms with Crippen LogP contribution in [0, 0.1) is 0 Å². The molecule has 1 aromatic carbocycles. The van der Waals surface area contributed by atoms with Crippen LogP contribution in [-0.2, 0) is 28.5 Å². The van der Waals surface area contributed by atoms with Crippen molar-refractivity contribution in [3.63, 3.8) is 0 Å². The molecule has 8 nitrogen and oxygen atoms in total. The van der Waals surface area contributed by atoms with Crippen LogP contribution in [0.15, 0.2) is 35.5 Å². The Morgan fingerprint density at radius 2 is 1.20 bits per heavy atom. The highest BCUT2D eigenvalue weighted by Crippen LogP contribution is 2.26. The normalized spacial score (nSPS) is 9.72. The van der Waals surface area contributed by atoms with Gasteiger partial charge in [-0.05, 0) is 29.2 Å². The summed E-state index contributed by atoms with van der Waals surface area (Å²) in [7, 11) is 1.53. The van der Waals surface area contributed by atoms with Crippen molar-refractivity contribution in [1.29, 1.82) is 0 Å². The van der Waals surface area contributed by atoms with Crippen LogP contribution in [0.1, 0.15) is 39.7 Å². The van der Waals surface area contributed by atoms with Crippen LogP contribution >= 0.6 is 13.4 Å². The quantitative estimate of drug-likeness (QED) is 0.234. The third-order valence-electron chi connectivity index (χ3n) is 1.11. The fourth-order valence-electron chi connectivity index (χ4n) is 0.653. The lowest BCUT2D eigenvalue weighted by molar-refractivity contribution is 0.215. The zero-order valence-electron chi connectivity index (χ0n) is 14.9.